The first-order valence-electron chi connectivity index (χ1n) is 6.59. The predicted octanol–water partition coefficient (Wildman–Crippen LogP) is 1.83. The number of para-hydroxylation sites is 1. The summed E-state index contributed by atoms with van der Waals surface area (Å²) in [6.45, 7) is 2.44. The van der Waals surface area contributed by atoms with Crippen LogP contribution in [0.5, 0.6) is 0 Å². The van der Waals surface area contributed by atoms with Crippen LogP contribution in [0.25, 0.3) is 0 Å². The summed E-state index contributed by atoms with van der Waals surface area (Å²) in [5.41, 5.74) is 0.500. The van der Waals surface area contributed by atoms with Crippen LogP contribution in [0.2, 0.25) is 5.02 Å². The summed E-state index contributed by atoms with van der Waals surface area (Å²) < 4.78 is 5.49. The van der Waals surface area contributed by atoms with Crippen molar-refractivity contribution in [1.29, 1.82) is 0 Å². The number of nitrogens with one attached hydrogen (secondary N) is 1. The Hall–Kier alpha value is -1.10. The average Bonchev–Trinajstić information content (AvgIpc) is 2.42. The van der Waals surface area contributed by atoms with Crippen LogP contribution in [0.3, 0.4) is 0 Å². The molecule has 1 aromatic rings. The number of nitrogens with zero attached hydrogens (tertiary/aromatic N) is 1. The van der Waals surface area contributed by atoms with Crippen LogP contribution in [0.1, 0.15) is 12.8 Å². The molecule has 5 heteroatoms. The van der Waals surface area contributed by atoms with Crippen molar-refractivity contribution in [3.8, 4) is 0 Å². The monoisotopic (exact) mass is 280 g/mol. The SMILES string of the molecule is O=C1COCC2(CCCNC2)N1c1ccccc1Cl. The fourth-order valence-corrected chi connectivity index (χ4v) is 3.23. The lowest BCUT2D eigenvalue weighted by Gasteiger charge is -2.49. The Balaban J connectivity index is 2.03. The summed E-state index contributed by atoms with van der Waals surface area (Å²) in [5.74, 6) is -0.0111. The van der Waals surface area contributed by atoms with Gasteiger partial charge in [0, 0.05) is 6.54 Å². The number of rotatable bonds is 1. The molecule has 19 heavy (non-hydrogen) atoms. The number of ether oxygens (including phenoxy) is 1. The van der Waals surface area contributed by atoms with Gasteiger partial charge in [0.05, 0.1) is 22.9 Å². The van der Waals surface area contributed by atoms with Crippen molar-refractivity contribution in [2.45, 2.75) is 18.4 Å². The minimum atomic E-state index is -0.293. The Morgan fingerprint density at radius 1 is 1.37 bits per heavy atom. The molecular formula is C14H17ClN2O2. The highest BCUT2D eigenvalue weighted by molar-refractivity contribution is 6.33. The van der Waals surface area contributed by atoms with Gasteiger partial charge in [-0.15, -0.1) is 0 Å². The van der Waals surface area contributed by atoms with Crippen molar-refractivity contribution in [3.63, 3.8) is 0 Å². The molecule has 1 aromatic carbocycles. The summed E-state index contributed by atoms with van der Waals surface area (Å²) >= 11 is 6.27. The number of benzene rings is 1. The molecule has 1 unspecified atom stereocenters. The van der Waals surface area contributed by atoms with E-state index < -0.39 is 0 Å². The molecule has 1 amide bonds. The van der Waals surface area contributed by atoms with Crippen LogP contribution in [0.15, 0.2) is 24.3 Å². The Bertz CT molecular complexity index is 481. The maximum Gasteiger partial charge on any atom is 0.253 e. The highest BCUT2D eigenvalue weighted by Crippen LogP contribution is 2.36. The quantitative estimate of drug-likeness (QED) is 0.853. The normalized spacial score (nSPS) is 27.8. The van der Waals surface area contributed by atoms with Gasteiger partial charge in [-0.2, -0.15) is 0 Å². The van der Waals surface area contributed by atoms with Crippen LogP contribution in [-0.4, -0.2) is 37.7 Å². The van der Waals surface area contributed by atoms with Gasteiger partial charge >= 0.3 is 0 Å². The van der Waals surface area contributed by atoms with Crippen molar-refractivity contribution in [3.05, 3.63) is 29.3 Å². The molecule has 0 radical (unpaired) electrons. The first kappa shape index (κ1) is 12.9. The van der Waals surface area contributed by atoms with E-state index in [1.807, 2.05) is 29.2 Å². The number of hydrogen-bond donors (Lipinski definition) is 1. The second kappa shape index (κ2) is 5.12. The van der Waals surface area contributed by atoms with E-state index in [0.717, 1.165) is 31.6 Å². The van der Waals surface area contributed by atoms with Gasteiger partial charge in [-0.3, -0.25) is 9.69 Å². The molecule has 0 aliphatic carbocycles. The van der Waals surface area contributed by atoms with Crippen molar-refractivity contribution >= 4 is 23.2 Å². The van der Waals surface area contributed by atoms with E-state index in [2.05, 4.69) is 5.32 Å². The molecule has 3 rings (SSSR count). The molecule has 0 aromatic heterocycles. The second-order valence-electron chi connectivity index (χ2n) is 5.18. The maximum absolute atomic E-state index is 12.3. The lowest BCUT2D eigenvalue weighted by Crippen LogP contribution is -2.66. The van der Waals surface area contributed by atoms with Crippen molar-refractivity contribution in [2.24, 2.45) is 0 Å². The fourth-order valence-electron chi connectivity index (χ4n) is 3.01. The Morgan fingerprint density at radius 2 is 2.21 bits per heavy atom. The standard InChI is InChI=1S/C14H17ClN2O2/c15-11-4-1-2-5-12(11)17-13(18)8-19-10-14(17)6-3-7-16-9-14/h1-2,4-5,16H,3,6-10H2. The molecule has 0 saturated carbocycles. The highest BCUT2D eigenvalue weighted by atomic mass is 35.5. The Kier molecular flexibility index (Phi) is 3.48. The number of amides is 1. The molecule has 1 spiro atoms. The summed E-state index contributed by atoms with van der Waals surface area (Å²) in [5, 5.41) is 3.98. The van der Waals surface area contributed by atoms with E-state index in [1.54, 1.807) is 0 Å². The lowest BCUT2D eigenvalue weighted by atomic mass is 9.87. The molecule has 102 valence electrons. The van der Waals surface area contributed by atoms with Gasteiger partial charge in [0.15, 0.2) is 0 Å². The summed E-state index contributed by atoms with van der Waals surface area (Å²) in [4.78, 5) is 14.2. The molecular weight excluding hydrogens is 264 g/mol. The smallest absolute Gasteiger partial charge is 0.253 e. The van der Waals surface area contributed by atoms with E-state index in [9.17, 15) is 4.79 Å². The predicted molar refractivity (Wildman–Crippen MR) is 74.6 cm³/mol. The molecule has 2 saturated heterocycles. The zero-order valence-corrected chi connectivity index (χ0v) is 11.4. The highest BCUT2D eigenvalue weighted by Gasteiger charge is 2.45. The first-order valence-corrected chi connectivity index (χ1v) is 6.97. The molecule has 2 aliphatic rings. The van der Waals surface area contributed by atoms with Gasteiger partial charge in [-0.25, -0.2) is 0 Å². The molecule has 1 atom stereocenters. The number of halogens is 1. The topological polar surface area (TPSA) is 41.6 Å². The minimum absolute atomic E-state index is 0.0111. The van der Waals surface area contributed by atoms with Gasteiger partial charge in [0.25, 0.3) is 5.91 Å². The van der Waals surface area contributed by atoms with Gasteiger partial charge in [-0.1, -0.05) is 23.7 Å². The number of carbonyl (C=O) groups is 1. The van der Waals surface area contributed by atoms with E-state index in [0.29, 0.717) is 11.6 Å². The molecule has 4 nitrogen and oxygen atoms in total. The number of carbonyl (C=O) groups excluding carboxylic acids is 1. The summed E-state index contributed by atoms with van der Waals surface area (Å²) in [7, 11) is 0. The number of anilines is 1. The third-order valence-electron chi connectivity index (χ3n) is 3.86. The van der Waals surface area contributed by atoms with Crippen LogP contribution < -0.4 is 10.2 Å². The Morgan fingerprint density at radius 3 is 2.95 bits per heavy atom. The first-order chi connectivity index (χ1) is 9.23. The zero-order valence-electron chi connectivity index (χ0n) is 10.7. The largest absolute Gasteiger partial charge is 0.369 e. The number of morpholine rings is 1. The Labute approximate surface area is 117 Å². The summed E-state index contributed by atoms with van der Waals surface area (Å²) in [6.07, 6.45) is 1.98. The van der Waals surface area contributed by atoms with Crippen molar-refractivity contribution in [1.82, 2.24) is 5.32 Å². The molecule has 2 fully saturated rings. The van der Waals surface area contributed by atoms with Gasteiger partial charge in [0.2, 0.25) is 0 Å². The van der Waals surface area contributed by atoms with Crippen LogP contribution >= 0.6 is 11.6 Å². The third kappa shape index (κ3) is 2.24. The van der Waals surface area contributed by atoms with Gasteiger partial charge < -0.3 is 10.1 Å². The second-order valence-corrected chi connectivity index (χ2v) is 5.59. The van der Waals surface area contributed by atoms with Gasteiger partial charge in [0.1, 0.15) is 6.61 Å². The minimum Gasteiger partial charge on any atom is -0.369 e. The van der Waals surface area contributed by atoms with E-state index in [4.69, 9.17) is 16.3 Å². The van der Waals surface area contributed by atoms with Gasteiger partial charge in [-0.05, 0) is 31.5 Å². The van der Waals surface area contributed by atoms with E-state index in [-0.39, 0.29) is 18.1 Å². The molecule has 1 N–H and O–H groups in total. The van der Waals surface area contributed by atoms with E-state index >= 15 is 0 Å². The van der Waals surface area contributed by atoms with Crippen molar-refractivity contribution in [2.75, 3.05) is 31.2 Å². The van der Waals surface area contributed by atoms with Crippen molar-refractivity contribution < 1.29 is 9.53 Å². The third-order valence-corrected chi connectivity index (χ3v) is 4.18. The number of hydrogen-bond acceptors (Lipinski definition) is 3. The van der Waals surface area contributed by atoms with Crippen LogP contribution in [0.4, 0.5) is 5.69 Å². The zero-order chi connectivity index (χ0) is 13.3. The molecule has 2 aliphatic heterocycles. The summed E-state index contributed by atoms with van der Waals surface area (Å²) in [6, 6.07) is 7.52. The molecule has 0 bridgehead atoms. The van der Waals surface area contributed by atoms with E-state index in [1.165, 1.54) is 0 Å². The van der Waals surface area contributed by atoms with Crippen LogP contribution in [0, 0.1) is 0 Å². The number of piperidine rings is 1. The maximum atomic E-state index is 12.3. The average molecular weight is 281 g/mol. The fraction of sp³-hybridized carbons (Fsp3) is 0.500. The van der Waals surface area contributed by atoms with Crippen LogP contribution in [-0.2, 0) is 9.53 Å². The molecule has 2 heterocycles. The lowest BCUT2D eigenvalue weighted by molar-refractivity contribution is -0.130.